The van der Waals surface area contributed by atoms with Gasteiger partial charge in [0.05, 0.1) is 17.9 Å². The summed E-state index contributed by atoms with van der Waals surface area (Å²) in [6.45, 7) is 1.96. The number of likely N-dealkylation sites (tertiary alicyclic amines) is 1. The number of rotatable bonds is 2. The Morgan fingerprint density at radius 3 is 1.81 bits per heavy atom. The van der Waals surface area contributed by atoms with Gasteiger partial charge in [0.1, 0.15) is 0 Å². The van der Waals surface area contributed by atoms with Crippen molar-refractivity contribution < 1.29 is 9.59 Å². The van der Waals surface area contributed by atoms with E-state index in [0.29, 0.717) is 0 Å². The molecule has 2 amide bonds. The van der Waals surface area contributed by atoms with Gasteiger partial charge in [0.15, 0.2) is 0 Å². The number of amides is 2. The molecule has 1 heterocycles. The van der Waals surface area contributed by atoms with Crippen molar-refractivity contribution in [3.05, 3.63) is 108 Å². The fourth-order valence-electron chi connectivity index (χ4n) is 5.48. The fraction of sp³-hybridized carbons (Fsp3) is 0.143. The van der Waals surface area contributed by atoms with Gasteiger partial charge in [-0.15, -0.1) is 0 Å². The first-order chi connectivity index (χ1) is 15.2. The zero-order valence-electron chi connectivity index (χ0n) is 17.2. The van der Waals surface area contributed by atoms with Gasteiger partial charge in [0.2, 0.25) is 11.8 Å². The van der Waals surface area contributed by atoms with Crippen molar-refractivity contribution in [3.63, 3.8) is 0 Å². The highest BCUT2D eigenvalue weighted by Gasteiger charge is 2.53. The largest absolute Gasteiger partial charge is 0.274 e. The molecular weight excluding hydrogens is 382 g/mol. The van der Waals surface area contributed by atoms with Gasteiger partial charge < -0.3 is 0 Å². The van der Waals surface area contributed by atoms with Gasteiger partial charge in [-0.3, -0.25) is 14.5 Å². The van der Waals surface area contributed by atoms with Crippen molar-refractivity contribution in [2.24, 2.45) is 0 Å². The molecule has 1 saturated heterocycles. The molecule has 3 atom stereocenters. The van der Waals surface area contributed by atoms with Crippen molar-refractivity contribution in [2.45, 2.75) is 24.8 Å². The lowest BCUT2D eigenvalue weighted by Gasteiger charge is -2.27. The van der Waals surface area contributed by atoms with E-state index in [2.05, 4.69) is 30.3 Å². The number of nitrogens with zero attached hydrogens (tertiary/aromatic N) is 1. The Kier molecular flexibility index (Phi) is 3.87. The van der Waals surface area contributed by atoms with Crippen molar-refractivity contribution in [1.29, 1.82) is 0 Å². The molecule has 1 aliphatic carbocycles. The van der Waals surface area contributed by atoms with E-state index < -0.39 is 11.8 Å². The number of fused-ring (bicyclic) bond motifs is 7. The smallest absolute Gasteiger partial charge is 0.238 e. The van der Waals surface area contributed by atoms with Gasteiger partial charge >= 0.3 is 0 Å². The van der Waals surface area contributed by atoms with E-state index in [0.717, 1.165) is 38.6 Å². The SMILES string of the molecule is C[C@H](c1cccc2ccccc12)N1C(=O)[C@@H]2c3ccccc3-c3ccccc3[C@@H]2C1=O. The average molecular weight is 403 g/mol. The summed E-state index contributed by atoms with van der Waals surface area (Å²) in [5, 5.41) is 2.19. The zero-order chi connectivity index (χ0) is 21.1. The first kappa shape index (κ1) is 18.1. The molecule has 0 saturated carbocycles. The maximum absolute atomic E-state index is 13.8. The third-order valence-corrected chi connectivity index (χ3v) is 6.88. The van der Waals surface area contributed by atoms with Gasteiger partial charge in [-0.05, 0) is 45.5 Å². The molecule has 4 aromatic rings. The summed E-state index contributed by atoms with van der Waals surface area (Å²) < 4.78 is 0. The minimum absolute atomic E-state index is 0.0996. The third kappa shape index (κ3) is 2.46. The minimum atomic E-state index is -0.462. The zero-order valence-corrected chi connectivity index (χ0v) is 17.2. The van der Waals surface area contributed by atoms with Crippen LogP contribution in [0.15, 0.2) is 91.0 Å². The van der Waals surface area contributed by atoms with Crippen LogP contribution in [0.25, 0.3) is 21.9 Å². The van der Waals surface area contributed by atoms with Crippen molar-refractivity contribution in [2.75, 3.05) is 0 Å². The molecule has 1 fully saturated rings. The van der Waals surface area contributed by atoms with Gasteiger partial charge in [-0.25, -0.2) is 0 Å². The Morgan fingerprint density at radius 2 is 1.16 bits per heavy atom. The summed E-state index contributed by atoms with van der Waals surface area (Å²) in [5.74, 6) is -1.12. The molecule has 0 unspecified atom stereocenters. The highest BCUT2D eigenvalue weighted by Crippen LogP contribution is 2.53. The van der Waals surface area contributed by atoms with Crippen LogP contribution in [0.1, 0.15) is 41.5 Å². The van der Waals surface area contributed by atoms with Crippen LogP contribution in [0.2, 0.25) is 0 Å². The quantitative estimate of drug-likeness (QED) is 0.396. The summed E-state index contributed by atoms with van der Waals surface area (Å²) >= 11 is 0. The van der Waals surface area contributed by atoms with E-state index in [-0.39, 0.29) is 17.9 Å². The van der Waals surface area contributed by atoms with Crippen LogP contribution in [0.3, 0.4) is 0 Å². The lowest BCUT2D eigenvalue weighted by atomic mass is 9.73. The molecule has 31 heavy (non-hydrogen) atoms. The average Bonchev–Trinajstić information content (AvgIpc) is 3.09. The first-order valence-corrected chi connectivity index (χ1v) is 10.7. The van der Waals surface area contributed by atoms with Crippen LogP contribution >= 0.6 is 0 Å². The molecule has 0 aromatic heterocycles. The molecule has 6 rings (SSSR count). The van der Waals surface area contributed by atoms with Crippen LogP contribution in [-0.2, 0) is 9.59 Å². The monoisotopic (exact) mass is 403 g/mol. The first-order valence-electron chi connectivity index (χ1n) is 10.7. The molecule has 4 aromatic carbocycles. The van der Waals surface area contributed by atoms with E-state index >= 15 is 0 Å². The van der Waals surface area contributed by atoms with Crippen molar-refractivity contribution in [1.82, 2.24) is 4.90 Å². The second kappa shape index (κ2) is 6.64. The van der Waals surface area contributed by atoms with Crippen LogP contribution in [-0.4, -0.2) is 16.7 Å². The molecule has 150 valence electrons. The molecule has 0 spiro atoms. The molecule has 0 radical (unpaired) electrons. The van der Waals surface area contributed by atoms with E-state index in [4.69, 9.17) is 0 Å². The summed E-state index contributed by atoms with van der Waals surface area (Å²) in [6.07, 6.45) is 0. The van der Waals surface area contributed by atoms with Crippen LogP contribution in [0.4, 0.5) is 0 Å². The molecule has 0 N–H and O–H groups in total. The van der Waals surface area contributed by atoms with Gasteiger partial charge in [-0.2, -0.15) is 0 Å². The number of hydrogen-bond donors (Lipinski definition) is 0. The maximum atomic E-state index is 13.8. The Labute approximate surface area is 180 Å². The molecule has 3 heteroatoms. The Balaban J connectivity index is 1.52. The van der Waals surface area contributed by atoms with Crippen molar-refractivity contribution >= 4 is 22.6 Å². The second-order valence-electron chi connectivity index (χ2n) is 8.42. The number of imide groups is 1. The predicted molar refractivity (Wildman–Crippen MR) is 122 cm³/mol. The maximum Gasteiger partial charge on any atom is 0.238 e. The van der Waals surface area contributed by atoms with Gasteiger partial charge in [0.25, 0.3) is 0 Å². The van der Waals surface area contributed by atoms with Gasteiger partial charge in [0, 0.05) is 0 Å². The predicted octanol–water partition coefficient (Wildman–Crippen LogP) is 5.82. The standard InChI is InChI=1S/C28H21NO2/c1-17(19-16-8-10-18-9-2-3-11-20(18)19)29-27(30)25-23-14-6-4-12-21(23)22-13-5-7-15-24(22)26(25)28(29)31/h2-17,25-26H,1H3/t17-,25-,26+/m1/s1. The Morgan fingerprint density at radius 1 is 0.645 bits per heavy atom. The highest BCUT2D eigenvalue weighted by atomic mass is 16.2. The van der Waals surface area contributed by atoms with E-state index in [1.807, 2.05) is 67.6 Å². The molecular formula is C28H21NO2. The lowest BCUT2D eigenvalue weighted by Crippen LogP contribution is -2.33. The lowest BCUT2D eigenvalue weighted by molar-refractivity contribution is -0.141. The molecule has 1 aliphatic heterocycles. The second-order valence-corrected chi connectivity index (χ2v) is 8.42. The van der Waals surface area contributed by atoms with Crippen LogP contribution in [0, 0.1) is 0 Å². The summed E-state index contributed by atoms with van der Waals surface area (Å²) in [4.78, 5) is 29.1. The number of hydrogen-bond acceptors (Lipinski definition) is 2. The summed E-state index contributed by atoms with van der Waals surface area (Å²) in [6, 6.07) is 29.9. The van der Waals surface area contributed by atoms with Crippen LogP contribution < -0.4 is 0 Å². The molecule has 0 bridgehead atoms. The van der Waals surface area contributed by atoms with E-state index in [9.17, 15) is 9.59 Å². The van der Waals surface area contributed by atoms with Crippen molar-refractivity contribution in [3.8, 4) is 11.1 Å². The number of benzene rings is 4. The topological polar surface area (TPSA) is 37.4 Å². The van der Waals surface area contributed by atoms with E-state index in [1.54, 1.807) is 0 Å². The van der Waals surface area contributed by atoms with E-state index in [1.165, 1.54) is 4.90 Å². The number of carbonyl (C=O) groups excluding carboxylic acids is 2. The summed E-state index contributed by atoms with van der Waals surface area (Å²) in [5.41, 5.74) is 5.02. The number of carbonyl (C=O) groups is 2. The summed E-state index contributed by atoms with van der Waals surface area (Å²) in [7, 11) is 0. The fourth-order valence-corrected chi connectivity index (χ4v) is 5.48. The molecule has 2 aliphatic rings. The van der Waals surface area contributed by atoms with Crippen LogP contribution in [0.5, 0.6) is 0 Å². The minimum Gasteiger partial charge on any atom is -0.274 e. The molecule has 3 nitrogen and oxygen atoms in total. The Hall–Kier alpha value is -3.72. The van der Waals surface area contributed by atoms with Gasteiger partial charge in [-0.1, -0.05) is 91.0 Å². The highest BCUT2D eigenvalue weighted by molar-refractivity contribution is 6.13. The third-order valence-electron chi connectivity index (χ3n) is 6.88. The normalized spacial score (nSPS) is 20.4. The Bertz CT molecular complexity index is 1300.